The van der Waals surface area contributed by atoms with Gasteiger partial charge in [0, 0.05) is 6.54 Å². The normalized spacial score (nSPS) is 18.4. The fourth-order valence-corrected chi connectivity index (χ4v) is 3.07. The van der Waals surface area contributed by atoms with Gasteiger partial charge in [0.2, 0.25) is 5.91 Å². The number of halogens is 2. The Morgan fingerprint density at radius 2 is 2.19 bits per heavy atom. The highest BCUT2D eigenvalue weighted by Crippen LogP contribution is 2.27. The van der Waals surface area contributed by atoms with Crippen LogP contribution in [0.25, 0.3) is 0 Å². The van der Waals surface area contributed by atoms with E-state index in [2.05, 4.69) is 10.2 Å². The molecule has 0 aromatic heterocycles. The Labute approximate surface area is 137 Å². The van der Waals surface area contributed by atoms with Crippen molar-refractivity contribution in [2.75, 3.05) is 31.5 Å². The molecule has 0 radical (unpaired) electrons. The molecule has 1 aliphatic heterocycles. The van der Waals surface area contributed by atoms with Crippen molar-refractivity contribution >= 4 is 35.6 Å². The van der Waals surface area contributed by atoms with Gasteiger partial charge < -0.3 is 11.1 Å². The molecule has 1 heterocycles. The largest absolute Gasteiger partial charge is 0.330 e. The van der Waals surface area contributed by atoms with Crippen LogP contribution in [0, 0.1) is 19.8 Å². The second-order valence-corrected chi connectivity index (χ2v) is 6.02. The average Bonchev–Trinajstić information content (AvgIpc) is 2.81. The Bertz CT molecular complexity index is 485. The summed E-state index contributed by atoms with van der Waals surface area (Å²) in [6.45, 7) is 6.89. The first-order valence-electron chi connectivity index (χ1n) is 6.98. The molecule has 1 saturated heterocycles. The van der Waals surface area contributed by atoms with E-state index in [0.717, 1.165) is 36.3 Å². The summed E-state index contributed by atoms with van der Waals surface area (Å²) in [7, 11) is 0. The number of amides is 1. The number of likely N-dealkylation sites (tertiary alicyclic amines) is 1. The number of anilines is 1. The maximum atomic E-state index is 12.1. The molecular formula is C15H23Cl2N3O. The second kappa shape index (κ2) is 7.99. The third-order valence-corrected chi connectivity index (χ3v) is 4.06. The van der Waals surface area contributed by atoms with Crippen LogP contribution in [0.15, 0.2) is 12.1 Å². The number of benzene rings is 1. The van der Waals surface area contributed by atoms with Gasteiger partial charge in [-0.15, -0.1) is 12.4 Å². The van der Waals surface area contributed by atoms with Crippen LogP contribution in [0.5, 0.6) is 0 Å². The summed E-state index contributed by atoms with van der Waals surface area (Å²) >= 11 is 6.20. The van der Waals surface area contributed by atoms with E-state index < -0.39 is 0 Å². The number of carbonyl (C=O) groups is 1. The highest BCUT2D eigenvalue weighted by Gasteiger charge is 2.23. The van der Waals surface area contributed by atoms with E-state index in [0.29, 0.717) is 24.0 Å². The van der Waals surface area contributed by atoms with Crippen LogP contribution in [0.3, 0.4) is 0 Å². The lowest BCUT2D eigenvalue weighted by atomic mass is 10.1. The topological polar surface area (TPSA) is 58.4 Å². The van der Waals surface area contributed by atoms with Gasteiger partial charge in [-0.05, 0) is 56.5 Å². The van der Waals surface area contributed by atoms with Crippen molar-refractivity contribution in [3.05, 3.63) is 28.3 Å². The molecule has 2 rings (SSSR count). The van der Waals surface area contributed by atoms with Crippen LogP contribution in [0.1, 0.15) is 17.5 Å². The smallest absolute Gasteiger partial charge is 0.238 e. The van der Waals surface area contributed by atoms with E-state index >= 15 is 0 Å². The van der Waals surface area contributed by atoms with E-state index in [1.54, 1.807) is 0 Å². The molecule has 1 aromatic carbocycles. The first-order chi connectivity index (χ1) is 9.49. The molecule has 118 valence electrons. The van der Waals surface area contributed by atoms with E-state index in [1.165, 1.54) is 0 Å². The monoisotopic (exact) mass is 331 g/mol. The maximum absolute atomic E-state index is 12.1. The number of carbonyl (C=O) groups excluding carboxylic acids is 1. The molecule has 1 fully saturated rings. The molecule has 0 spiro atoms. The summed E-state index contributed by atoms with van der Waals surface area (Å²) in [5.41, 5.74) is 8.46. The standard InChI is InChI=1S/C15H22ClN3O.ClH/c1-10-5-11(2)15(13(16)6-10)18-14(20)9-19-4-3-12(7-17)8-19;/h5-6,12H,3-4,7-9,17H2,1-2H3,(H,18,20);1H. The lowest BCUT2D eigenvalue weighted by Gasteiger charge is -2.17. The fourth-order valence-electron chi connectivity index (χ4n) is 2.70. The zero-order valence-electron chi connectivity index (χ0n) is 12.5. The summed E-state index contributed by atoms with van der Waals surface area (Å²) in [4.78, 5) is 14.3. The molecule has 21 heavy (non-hydrogen) atoms. The Hall–Kier alpha value is -0.810. The van der Waals surface area contributed by atoms with Gasteiger partial charge in [0.25, 0.3) is 0 Å². The van der Waals surface area contributed by atoms with E-state index in [-0.39, 0.29) is 18.3 Å². The van der Waals surface area contributed by atoms with Crippen molar-refractivity contribution in [3.63, 3.8) is 0 Å². The molecule has 0 aliphatic carbocycles. The molecule has 1 aliphatic rings. The Morgan fingerprint density at radius 1 is 1.48 bits per heavy atom. The number of nitrogens with one attached hydrogen (secondary N) is 1. The highest BCUT2D eigenvalue weighted by atomic mass is 35.5. The van der Waals surface area contributed by atoms with E-state index in [9.17, 15) is 4.79 Å². The second-order valence-electron chi connectivity index (χ2n) is 5.61. The number of hydrogen-bond donors (Lipinski definition) is 2. The maximum Gasteiger partial charge on any atom is 0.238 e. The van der Waals surface area contributed by atoms with Crippen molar-refractivity contribution in [3.8, 4) is 0 Å². The van der Waals surface area contributed by atoms with Gasteiger partial charge in [-0.1, -0.05) is 17.7 Å². The van der Waals surface area contributed by atoms with Gasteiger partial charge in [-0.25, -0.2) is 0 Å². The van der Waals surface area contributed by atoms with Crippen molar-refractivity contribution < 1.29 is 4.79 Å². The van der Waals surface area contributed by atoms with Crippen LogP contribution < -0.4 is 11.1 Å². The summed E-state index contributed by atoms with van der Waals surface area (Å²) in [6, 6.07) is 3.88. The average molecular weight is 332 g/mol. The van der Waals surface area contributed by atoms with Crippen molar-refractivity contribution in [2.45, 2.75) is 20.3 Å². The Balaban J connectivity index is 0.00000220. The molecule has 4 nitrogen and oxygen atoms in total. The predicted molar refractivity (Wildman–Crippen MR) is 90.4 cm³/mol. The van der Waals surface area contributed by atoms with E-state index in [1.807, 2.05) is 26.0 Å². The minimum absolute atomic E-state index is 0. The molecule has 1 aromatic rings. The molecule has 1 atom stereocenters. The minimum Gasteiger partial charge on any atom is -0.330 e. The Kier molecular flexibility index (Phi) is 6.94. The highest BCUT2D eigenvalue weighted by molar-refractivity contribution is 6.34. The van der Waals surface area contributed by atoms with Crippen LogP contribution in [-0.2, 0) is 4.79 Å². The summed E-state index contributed by atoms with van der Waals surface area (Å²) in [6.07, 6.45) is 1.08. The molecule has 6 heteroatoms. The van der Waals surface area contributed by atoms with Crippen LogP contribution in [0.2, 0.25) is 5.02 Å². The number of hydrogen-bond acceptors (Lipinski definition) is 3. The van der Waals surface area contributed by atoms with Gasteiger partial charge in [0.1, 0.15) is 0 Å². The first kappa shape index (κ1) is 18.2. The number of rotatable bonds is 4. The minimum atomic E-state index is -0.0171. The van der Waals surface area contributed by atoms with Gasteiger partial charge in [0.15, 0.2) is 0 Å². The van der Waals surface area contributed by atoms with Crippen LogP contribution in [-0.4, -0.2) is 37.0 Å². The summed E-state index contributed by atoms with van der Waals surface area (Å²) < 4.78 is 0. The number of nitrogens with zero attached hydrogens (tertiary/aromatic N) is 1. The summed E-state index contributed by atoms with van der Waals surface area (Å²) in [5, 5.41) is 3.52. The third kappa shape index (κ3) is 4.85. The lowest BCUT2D eigenvalue weighted by molar-refractivity contribution is -0.117. The van der Waals surface area contributed by atoms with Crippen LogP contribution in [0.4, 0.5) is 5.69 Å². The summed E-state index contributed by atoms with van der Waals surface area (Å²) in [5.74, 6) is 0.504. The van der Waals surface area contributed by atoms with Crippen LogP contribution >= 0.6 is 24.0 Å². The zero-order chi connectivity index (χ0) is 14.7. The number of aryl methyl sites for hydroxylation is 2. The van der Waals surface area contributed by atoms with Gasteiger partial charge in [-0.3, -0.25) is 9.69 Å². The molecule has 0 saturated carbocycles. The van der Waals surface area contributed by atoms with Gasteiger partial charge in [-0.2, -0.15) is 0 Å². The molecule has 1 amide bonds. The van der Waals surface area contributed by atoms with Gasteiger partial charge >= 0.3 is 0 Å². The molecular weight excluding hydrogens is 309 g/mol. The zero-order valence-corrected chi connectivity index (χ0v) is 14.1. The molecule has 1 unspecified atom stereocenters. The van der Waals surface area contributed by atoms with Crippen molar-refractivity contribution in [1.82, 2.24) is 4.90 Å². The van der Waals surface area contributed by atoms with Gasteiger partial charge in [0.05, 0.1) is 17.3 Å². The van der Waals surface area contributed by atoms with Crippen molar-refractivity contribution in [2.24, 2.45) is 11.7 Å². The fraction of sp³-hybridized carbons (Fsp3) is 0.533. The number of nitrogens with two attached hydrogens (primary N) is 1. The Morgan fingerprint density at radius 3 is 2.76 bits per heavy atom. The first-order valence-corrected chi connectivity index (χ1v) is 7.36. The SMILES string of the molecule is Cc1cc(C)c(NC(=O)CN2CCC(CN)C2)c(Cl)c1.Cl. The molecule has 3 N–H and O–H groups in total. The van der Waals surface area contributed by atoms with E-state index in [4.69, 9.17) is 17.3 Å². The quantitative estimate of drug-likeness (QED) is 0.891. The van der Waals surface area contributed by atoms with Crippen molar-refractivity contribution in [1.29, 1.82) is 0 Å². The lowest BCUT2D eigenvalue weighted by Crippen LogP contribution is -2.32. The third-order valence-electron chi connectivity index (χ3n) is 3.77. The molecule has 0 bridgehead atoms. The predicted octanol–water partition coefficient (Wildman–Crippen LogP) is 2.60.